The van der Waals surface area contributed by atoms with Crippen LogP contribution in [0.1, 0.15) is 40.5 Å². The fourth-order valence-corrected chi connectivity index (χ4v) is 2.54. The molecule has 5 heteroatoms. The Morgan fingerprint density at radius 2 is 1.89 bits per heavy atom. The first-order valence-electron chi connectivity index (χ1n) is 7.24. The van der Waals surface area contributed by atoms with E-state index in [2.05, 4.69) is 17.6 Å². The van der Waals surface area contributed by atoms with Crippen LogP contribution in [0.5, 0.6) is 0 Å². The minimum atomic E-state index is -0.409. The summed E-state index contributed by atoms with van der Waals surface area (Å²) in [7, 11) is 0. The Morgan fingerprint density at radius 3 is 2.32 bits per heavy atom. The first-order chi connectivity index (χ1) is 8.77. The highest BCUT2D eigenvalue weighted by Gasteiger charge is 2.35. The van der Waals surface area contributed by atoms with Crippen LogP contribution in [0.15, 0.2) is 0 Å². The molecule has 2 saturated heterocycles. The Morgan fingerprint density at radius 1 is 1.32 bits per heavy atom. The quantitative estimate of drug-likeness (QED) is 0.794. The molecular formula is C14H27N3O2. The lowest BCUT2D eigenvalue weighted by Crippen LogP contribution is -2.64. The van der Waals surface area contributed by atoms with Gasteiger partial charge in [0.05, 0.1) is 0 Å². The summed E-state index contributed by atoms with van der Waals surface area (Å²) < 4.78 is 5.42. The Kier molecular flexibility index (Phi) is 4.06. The maximum atomic E-state index is 12.0. The molecule has 0 unspecified atom stereocenters. The molecule has 0 aromatic rings. The number of rotatable bonds is 2. The Hall–Kier alpha value is -0.810. The smallest absolute Gasteiger partial charge is 0.410 e. The zero-order valence-corrected chi connectivity index (χ0v) is 12.6. The number of amides is 1. The fourth-order valence-electron chi connectivity index (χ4n) is 2.54. The zero-order valence-electron chi connectivity index (χ0n) is 12.6. The number of carbonyl (C=O) groups is 1. The van der Waals surface area contributed by atoms with Crippen molar-refractivity contribution in [3.8, 4) is 0 Å². The topological polar surface area (TPSA) is 53.6 Å². The molecule has 0 radical (unpaired) electrons. The molecule has 5 nitrogen and oxygen atoms in total. The van der Waals surface area contributed by atoms with Crippen molar-refractivity contribution in [3.05, 3.63) is 0 Å². The van der Waals surface area contributed by atoms with E-state index in [0.29, 0.717) is 6.04 Å². The summed E-state index contributed by atoms with van der Waals surface area (Å²) in [6.45, 7) is 11.7. The predicted octanol–water partition coefficient (Wildman–Crippen LogP) is 1.34. The summed E-state index contributed by atoms with van der Waals surface area (Å²) in [5.41, 5.74) is -0.251. The second-order valence-electron chi connectivity index (χ2n) is 7.03. The SMILES string of the molecule is CC1(NC2CNC2)CCN(C(=O)OC(C)(C)C)CC1. The van der Waals surface area contributed by atoms with E-state index in [-0.39, 0.29) is 11.6 Å². The molecular weight excluding hydrogens is 242 g/mol. The van der Waals surface area contributed by atoms with Crippen LogP contribution in [0.4, 0.5) is 4.79 Å². The molecule has 0 bridgehead atoms. The lowest BCUT2D eigenvalue weighted by Gasteiger charge is -2.44. The van der Waals surface area contributed by atoms with E-state index >= 15 is 0 Å². The molecule has 2 aliphatic heterocycles. The van der Waals surface area contributed by atoms with Crippen LogP contribution in [-0.2, 0) is 4.74 Å². The molecule has 0 saturated carbocycles. The van der Waals surface area contributed by atoms with Gasteiger partial charge in [0, 0.05) is 37.8 Å². The molecule has 0 aliphatic carbocycles. The van der Waals surface area contributed by atoms with Gasteiger partial charge in [-0.3, -0.25) is 0 Å². The summed E-state index contributed by atoms with van der Waals surface area (Å²) in [5, 5.41) is 6.97. The Bertz CT molecular complexity index is 326. The molecule has 19 heavy (non-hydrogen) atoms. The van der Waals surface area contributed by atoms with Gasteiger partial charge >= 0.3 is 6.09 Å². The van der Waals surface area contributed by atoms with Crippen LogP contribution in [0.25, 0.3) is 0 Å². The largest absolute Gasteiger partial charge is 0.444 e. The van der Waals surface area contributed by atoms with Crippen LogP contribution in [0.2, 0.25) is 0 Å². The zero-order chi connectivity index (χ0) is 14.1. The molecule has 0 aromatic carbocycles. The van der Waals surface area contributed by atoms with Gasteiger partial charge in [-0.25, -0.2) is 4.79 Å². The van der Waals surface area contributed by atoms with E-state index in [1.54, 1.807) is 0 Å². The van der Waals surface area contributed by atoms with E-state index < -0.39 is 5.60 Å². The third-order valence-corrected chi connectivity index (χ3v) is 3.85. The highest BCUT2D eigenvalue weighted by atomic mass is 16.6. The molecule has 2 N–H and O–H groups in total. The maximum Gasteiger partial charge on any atom is 0.410 e. The number of likely N-dealkylation sites (tertiary alicyclic amines) is 1. The number of hydrogen-bond donors (Lipinski definition) is 2. The molecule has 1 amide bonds. The molecule has 0 spiro atoms. The van der Waals surface area contributed by atoms with Gasteiger partial charge in [0.25, 0.3) is 0 Å². The average Bonchev–Trinajstić information content (AvgIpc) is 2.22. The number of hydrogen-bond acceptors (Lipinski definition) is 4. The second-order valence-corrected chi connectivity index (χ2v) is 7.03. The van der Waals surface area contributed by atoms with E-state index in [1.165, 1.54) is 0 Å². The van der Waals surface area contributed by atoms with Gasteiger partial charge in [-0.2, -0.15) is 0 Å². The Balaban J connectivity index is 1.79. The second kappa shape index (κ2) is 5.29. The van der Waals surface area contributed by atoms with Crippen molar-refractivity contribution < 1.29 is 9.53 Å². The summed E-state index contributed by atoms with van der Waals surface area (Å²) in [6, 6.07) is 0.595. The normalized spacial score (nSPS) is 23.9. The monoisotopic (exact) mass is 269 g/mol. The molecule has 110 valence electrons. The van der Waals surface area contributed by atoms with Gasteiger partial charge in [0.1, 0.15) is 5.60 Å². The van der Waals surface area contributed by atoms with Crippen molar-refractivity contribution in [1.82, 2.24) is 15.5 Å². The van der Waals surface area contributed by atoms with Crippen molar-refractivity contribution in [2.24, 2.45) is 0 Å². The third-order valence-electron chi connectivity index (χ3n) is 3.85. The highest BCUT2D eigenvalue weighted by Crippen LogP contribution is 2.24. The van der Waals surface area contributed by atoms with Crippen LogP contribution in [-0.4, -0.2) is 54.4 Å². The van der Waals surface area contributed by atoms with Gasteiger partial charge in [-0.05, 0) is 40.5 Å². The predicted molar refractivity (Wildman–Crippen MR) is 75.2 cm³/mol. The average molecular weight is 269 g/mol. The number of carbonyl (C=O) groups excluding carboxylic acids is 1. The van der Waals surface area contributed by atoms with Crippen LogP contribution in [0.3, 0.4) is 0 Å². The lowest BCUT2D eigenvalue weighted by molar-refractivity contribution is 0.0146. The van der Waals surface area contributed by atoms with Crippen molar-refractivity contribution >= 4 is 6.09 Å². The molecule has 2 heterocycles. The maximum absolute atomic E-state index is 12.0. The summed E-state index contributed by atoms with van der Waals surface area (Å²) in [6.07, 6.45) is 1.80. The van der Waals surface area contributed by atoms with Gasteiger partial charge in [-0.15, -0.1) is 0 Å². The van der Waals surface area contributed by atoms with Crippen LogP contribution < -0.4 is 10.6 Å². The van der Waals surface area contributed by atoms with E-state index in [1.807, 2.05) is 25.7 Å². The highest BCUT2D eigenvalue weighted by molar-refractivity contribution is 5.68. The minimum Gasteiger partial charge on any atom is -0.444 e. The van der Waals surface area contributed by atoms with Crippen LogP contribution in [0, 0.1) is 0 Å². The van der Waals surface area contributed by atoms with Crippen LogP contribution >= 0.6 is 0 Å². The molecule has 0 atom stereocenters. The number of nitrogens with zero attached hydrogens (tertiary/aromatic N) is 1. The number of piperidine rings is 1. The summed E-state index contributed by atoms with van der Waals surface area (Å²) in [5.74, 6) is 0. The van der Waals surface area contributed by atoms with Gasteiger partial charge in [0.2, 0.25) is 0 Å². The molecule has 2 aliphatic rings. The first kappa shape index (κ1) is 14.6. The van der Waals surface area contributed by atoms with Crippen molar-refractivity contribution in [2.45, 2.75) is 57.7 Å². The molecule has 2 rings (SSSR count). The van der Waals surface area contributed by atoms with Crippen molar-refractivity contribution in [3.63, 3.8) is 0 Å². The van der Waals surface area contributed by atoms with Gasteiger partial charge < -0.3 is 20.3 Å². The summed E-state index contributed by atoms with van der Waals surface area (Å²) >= 11 is 0. The number of ether oxygens (including phenoxy) is 1. The van der Waals surface area contributed by atoms with E-state index in [0.717, 1.165) is 39.0 Å². The third kappa shape index (κ3) is 4.08. The van der Waals surface area contributed by atoms with Gasteiger partial charge in [-0.1, -0.05) is 0 Å². The summed E-state index contributed by atoms with van der Waals surface area (Å²) in [4.78, 5) is 13.8. The van der Waals surface area contributed by atoms with Gasteiger partial charge in [0.15, 0.2) is 0 Å². The fraction of sp³-hybridized carbons (Fsp3) is 0.929. The standard InChI is InChI=1S/C14H27N3O2/c1-13(2,3)19-12(18)17-7-5-14(4,6-8-17)16-11-9-15-10-11/h11,15-16H,5-10H2,1-4H3. The lowest BCUT2D eigenvalue weighted by atomic mass is 9.88. The van der Waals surface area contributed by atoms with Crippen molar-refractivity contribution in [2.75, 3.05) is 26.2 Å². The van der Waals surface area contributed by atoms with E-state index in [4.69, 9.17) is 4.74 Å². The minimum absolute atomic E-state index is 0.158. The Labute approximate surface area is 116 Å². The van der Waals surface area contributed by atoms with E-state index in [9.17, 15) is 4.79 Å². The molecule has 0 aromatic heterocycles. The molecule has 2 fully saturated rings. The van der Waals surface area contributed by atoms with Crippen molar-refractivity contribution in [1.29, 1.82) is 0 Å². The first-order valence-corrected chi connectivity index (χ1v) is 7.24. The number of nitrogens with one attached hydrogen (secondary N) is 2.